The summed E-state index contributed by atoms with van der Waals surface area (Å²) in [5.41, 5.74) is 3.48. The topological polar surface area (TPSA) is 52.1 Å². The van der Waals surface area contributed by atoms with Crippen molar-refractivity contribution in [1.29, 1.82) is 0 Å². The van der Waals surface area contributed by atoms with Crippen molar-refractivity contribution in [3.8, 4) is 11.5 Å². The number of rotatable bonds is 5. The van der Waals surface area contributed by atoms with Crippen molar-refractivity contribution >= 4 is 5.71 Å². The van der Waals surface area contributed by atoms with E-state index in [1.54, 1.807) is 21.3 Å². The Bertz CT molecular complexity index is 710. The van der Waals surface area contributed by atoms with E-state index < -0.39 is 0 Å². The van der Waals surface area contributed by atoms with Crippen molar-refractivity contribution in [3.63, 3.8) is 0 Å². The second-order valence-electron chi connectivity index (χ2n) is 6.94. The fourth-order valence-corrected chi connectivity index (χ4v) is 3.90. The van der Waals surface area contributed by atoms with E-state index >= 15 is 0 Å². The maximum absolute atomic E-state index is 5.30. The molecule has 1 N–H and O–H groups in total. The summed E-state index contributed by atoms with van der Waals surface area (Å²) < 4.78 is 10.6. The predicted octanol–water partition coefficient (Wildman–Crippen LogP) is 4.36. The predicted molar refractivity (Wildman–Crippen MR) is 107 cm³/mol. The number of oxime groups is 1. The van der Waals surface area contributed by atoms with E-state index in [-0.39, 0.29) is 23.9 Å². The van der Waals surface area contributed by atoms with Crippen LogP contribution in [0.4, 0.5) is 0 Å². The molecule has 4 atom stereocenters. The Morgan fingerprint density at radius 1 is 0.704 bits per heavy atom. The zero-order chi connectivity index (χ0) is 19.4. The van der Waals surface area contributed by atoms with Gasteiger partial charge in [0.2, 0.25) is 0 Å². The van der Waals surface area contributed by atoms with Gasteiger partial charge in [-0.05, 0) is 35.4 Å². The summed E-state index contributed by atoms with van der Waals surface area (Å²) in [4.78, 5) is 5.18. The molecule has 144 valence electrons. The minimum atomic E-state index is 0.133. The minimum absolute atomic E-state index is 0.133. The Morgan fingerprint density at radius 2 is 1.11 bits per heavy atom. The van der Waals surface area contributed by atoms with Crippen LogP contribution in [0.5, 0.6) is 11.5 Å². The highest BCUT2D eigenvalue weighted by Crippen LogP contribution is 2.39. The van der Waals surface area contributed by atoms with E-state index in [9.17, 15) is 0 Å². The molecule has 0 amide bonds. The molecular formula is C22H28N2O3. The van der Waals surface area contributed by atoms with Crippen LogP contribution in [-0.4, -0.2) is 27.0 Å². The molecule has 0 bridgehead atoms. The molecule has 1 saturated heterocycles. The fraction of sp³-hybridized carbons (Fsp3) is 0.409. The maximum Gasteiger partial charge on any atom is 0.118 e. The van der Waals surface area contributed by atoms with Crippen molar-refractivity contribution in [3.05, 3.63) is 59.7 Å². The molecule has 27 heavy (non-hydrogen) atoms. The molecular weight excluding hydrogens is 340 g/mol. The van der Waals surface area contributed by atoms with Crippen LogP contribution in [0.1, 0.15) is 37.1 Å². The van der Waals surface area contributed by atoms with Crippen LogP contribution in [0.3, 0.4) is 0 Å². The Morgan fingerprint density at radius 3 is 1.44 bits per heavy atom. The number of benzene rings is 2. The molecule has 5 heteroatoms. The number of methoxy groups -OCH3 is 2. The first-order chi connectivity index (χ1) is 13.1. The van der Waals surface area contributed by atoms with Gasteiger partial charge in [-0.15, -0.1) is 0 Å². The second-order valence-corrected chi connectivity index (χ2v) is 6.94. The number of hydrogen-bond acceptors (Lipinski definition) is 5. The van der Waals surface area contributed by atoms with Crippen molar-refractivity contribution < 1.29 is 14.3 Å². The molecule has 1 fully saturated rings. The van der Waals surface area contributed by atoms with E-state index in [0.29, 0.717) is 0 Å². The summed E-state index contributed by atoms with van der Waals surface area (Å²) in [6.07, 6.45) is 0. The Kier molecular flexibility index (Phi) is 6.01. The molecule has 0 spiro atoms. The third kappa shape index (κ3) is 3.93. The first-order valence-corrected chi connectivity index (χ1v) is 9.24. The largest absolute Gasteiger partial charge is 0.497 e. The van der Waals surface area contributed by atoms with E-state index in [0.717, 1.165) is 17.2 Å². The molecule has 1 heterocycles. The Hall–Kier alpha value is -2.53. The average molecular weight is 368 g/mol. The van der Waals surface area contributed by atoms with Gasteiger partial charge < -0.3 is 19.6 Å². The molecule has 0 aliphatic carbocycles. The van der Waals surface area contributed by atoms with E-state index in [2.05, 4.69) is 48.6 Å². The fourth-order valence-electron chi connectivity index (χ4n) is 3.90. The summed E-state index contributed by atoms with van der Waals surface area (Å²) in [5, 5.41) is 8.22. The van der Waals surface area contributed by atoms with E-state index in [1.165, 1.54) is 11.1 Å². The average Bonchev–Trinajstić information content (AvgIpc) is 2.71. The quantitative estimate of drug-likeness (QED) is 0.797. The first-order valence-electron chi connectivity index (χ1n) is 9.24. The van der Waals surface area contributed by atoms with Gasteiger partial charge in [-0.2, -0.15) is 0 Å². The lowest BCUT2D eigenvalue weighted by Crippen LogP contribution is -2.46. The lowest BCUT2D eigenvalue weighted by atomic mass is 9.75. The first kappa shape index (κ1) is 19.2. The van der Waals surface area contributed by atoms with Crippen LogP contribution < -0.4 is 14.8 Å². The third-order valence-electron chi connectivity index (χ3n) is 5.44. The lowest BCUT2D eigenvalue weighted by Gasteiger charge is -2.41. The summed E-state index contributed by atoms with van der Waals surface area (Å²) in [6.45, 7) is 4.39. The Labute approximate surface area is 161 Å². The van der Waals surface area contributed by atoms with Crippen LogP contribution >= 0.6 is 0 Å². The molecule has 1 aliphatic heterocycles. The summed E-state index contributed by atoms with van der Waals surface area (Å²) in [5.74, 6) is 2.13. The summed E-state index contributed by atoms with van der Waals surface area (Å²) in [6, 6.07) is 16.7. The lowest BCUT2D eigenvalue weighted by molar-refractivity contribution is 0.199. The molecule has 0 aromatic heterocycles. The standard InChI is InChI=1S/C22H28N2O3/c1-14-20(24-27-5)15(2)22(17-8-12-19(26-4)13-9-17)23-21(14)16-6-10-18(25-3)11-7-16/h6-15,21-23H,1-5H3/t14-,15+,21-,22+. The van der Waals surface area contributed by atoms with Crippen LogP contribution in [0, 0.1) is 11.8 Å². The van der Waals surface area contributed by atoms with E-state index in [1.807, 2.05) is 24.3 Å². The maximum atomic E-state index is 5.30. The molecule has 2 aromatic rings. The molecule has 1 aliphatic rings. The third-order valence-corrected chi connectivity index (χ3v) is 5.44. The normalized spacial score (nSPS) is 26.6. The molecule has 3 rings (SSSR count). The zero-order valence-electron chi connectivity index (χ0n) is 16.6. The summed E-state index contributed by atoms with van der Waals surface area (Å²) in [7, 11) is 4.97. The highest BCUT2D eigenvalue weighted by atomic mass is 16.6. The van der Waals surface area contributed by atoms with Crippen molar-refractivity contribution in [1.82, 2.24) is 5.32 Å². The van der Waals surface area contributed by atoms with Crippen LogP contribution in [-0.2, 0) is 4.84 Å². The number of nitrogens with one attached hydrogen (secondary N) is 1. The van der Waals surface area contributed by atoms with Gasteiger partial charge in [-0.25, -0.2) is 0 Å². The number of hydrogen-bond donors (Lipinski definition) is 1. The van der Waals surface area contributed by atoms with Gasteiger partial charge in [0, 0.05) is 23.9 Å². The van der Waals surface area contributed by atoms with Gasteiger partial charge in [0.05, 0.1) is 19.9 Å². The highest BCUT2D eigenvalue weighted by molar-refractivity contribution is 5.90. The van der Waals surface area contributed by atoms with Crippen molar-refractivity contribution in [2.45, 2.75) is 25.9 Å². The second kappa shape index (κ2) is 8.44. The van der Waals surface area contributed by atoms with Gasteiger partial charge in [0.15, 0.2) is 0 Å². The highest BCUT2D eigenvalue weighted by Gasteiger charge is 2.39. The van der Waals surface area contributed by atoms with Gasteiger partial charge in [-0.1, -0.05) is 43.3 Å². The van der Waals surface area contributed by atoms with Crippen LogP contribution in [0.25, 0.3) is 0 Å². The monoisotopic (exact) mass is 368 g/mol. The molecule has 2 aromatic carbocycles. The van der Waals surface area contributed by atoms with Gasteiger partial charge >= 0.3 is 0 Å². The van der Waals surface area contributed by atoms with Gasteiger partial charge in [0.1, 0.15) is 18.6 Å². The zero-order valence-corrected chi connectivity index (χ0v) is 16.6. The molecule has 0 unspecified atom stereocenters. The number of ether oxygens (including phenoxy) is 2. The number of nitrogens with zero attached hydrogens (tertiary/aromatic N) is 1. The number of piperidine rings is 1. The van der Waals surface area contributed by atoms with Gasteiger partial charge in [0.25, 0.3) is 0 Å². The molecule has 0 saturated carbocycles. The smallest absolute Gasteiger partial charge is 0.118 e. The van der Waals surface area contributed by atoms with Crippen LogP contribution in [0.15, 0.2) is 53.7 Å². The molecule has 5 nitrogen and oxygen atoms in total. The molecule has 0 radical (unpaired) electrons. The Balaban J connectivity index is 1.96. The van der Waals surface area contributed by atoms with E-state index in [4.69, 9.17) is 14.3 Å². The minimum Gasteiger partial charge on any atom is -0.497 e. The van der Waals surface area contributed by atoms with Crippen molar-refractivity contribution in [2.24, 2.45) is 17.0 Å². The van der Waals surface area contributed by atoms with Gasteiger partial charge in [-0.3, -0.25) is 0 Å². The SMILES string of the molecule is CON=C1[C@@H](C)[C@H](c2ccc(OC)cc2)N[C@H](c2ccc(OC)cc2)[C@H]1C. The van der Waals surface area contributed by atoms with Crippen LogP contribution in [0.2, 0.25) is 0 Å². The van der Waals surface area contributed by atoms with Crippen molar-refractivity contribution in [2.75, 3.05) is 21.3 Å². The summed E-state index contributed by atoms with van der Waals surface area (Å²) >= 11 is 0.